The normalized spacial score (nSPS) is 18.9. The maximum Gasteiger partial charge on any atom is 0.0438 e. The van der Waals surface area contributed by atoms with E-state index in [1.165, 1.54) is 31.2 Å². The lowest BCUT2D eigenvalue weighted by Gasteiger charge is -2.19. The summed E-state index contributed by atoms with van der Waals surface area (Å²) in [5, 5.41) is 4.59. The molecule has 0 spiro atoms. The topological polar surface area (TPSA) is 12.0 Å². The van der Waals surface area contributed by atoms with E-state index in [4.69, 9.17) is 11.6 Å². The molecule has 1 fully saturated rings. The van der Waals surface area contributed by atoms with Gasteiger partial charge in [0.25, 0.3) is 0 Å². The van der Waals surface area contributed by atoms with E-state index in [-0.39, 0.29) is 0 Å². The van der Waals surface area contributed by atoms with Gasteiger partial charge in [0.2, 0.25) is 0 Å². The minimum Gasteiger partial charge on any atom is -0.311 e. The molecule has 16 heavy (non-hydrogen) atoms. The molecule has 88 valence electrons. The molecule has 1 aliphatic carbocycles. The van der Waals surface area contributed by atoms with Gasteiger partial charge in [-0.3, -0.25) is 0 Å². The van der Waals surface area contributed by atoms with Gasteiger partial charge in [0.15, 0.2) is 0 Å². The third-order valence-corrected chi connectivity index (χ3v) is 3.73. The molecule has 0 radical (unpaired) electrons. The number of nitrogens with one attached hydrogen (secondary N) is 1. The lowest BCUT2D eigenvalue weighted by atomic mass is 10.1. The third kappa shape index (κ3) is 3.23. The van der Waals surface area contributed by atoms with Crippen molar-refractivity contribution in [2.45, 2.75) is 51.1 Å². The highest BCUT2D eigenvalue weighted by Gasteiger charge is 2.17. The van der Waals surface area contributed by atoms with Crippen molar-refractivity contribution in [3.63, 3.8) is 0 Å². The van der Waals surface area contributed by atoms with E-state index in [1.807, 2.05) is 12.1 Å². The zero-order valence-electron chi connectivity index (χ0n) is 9.88. The number of halogens is 1. The van der Waals surface area contributed by atoms with Crippen molar-refractivity contribution >= 4 is 11.6 Å². The fraction of sp³-hybridized carbons (Fsp3) is 0.571. The Hall–Kier alpha value is -0.530. The second kappa shape index (κ2) is 5.70. The Morgan fingerprint density at radius 1 is 1.31 bits per heavy atom. The second-order valence-electron chi connectivity index (χ2n) is 4.84. The molecule has 2 rings (SSSR count). The predicted molar refractivity (Wildman–Crippen MR) is 70.0 cm³/mol. The minimum absolute atomic E-state index is 0.517. The molecule has 1 saturated carbocycles. The van der Waals surface area contributed by atoms with Gasteiger partial charge in [-0.15, -0.1) is 0 Å². The summed E-state index contributed by atoms with van der Waals surface area (Å²) >= 11 is 6.16. The first-order chi connectivity index (χ1) is 7.75. The Bertz CT molecular complexity index is 331. The maximum absolute atomic E-state index is 6.16. The molecule has 0 saturated heterocycles. The number of hydrogen-bond donors (Lipinski definition) is 1. The van der Waals surface area contributed by atoms with Gasteiger partial charge in [-0.2, -0.15) is 0 Å². The Labute approximate surface area is 103 Å². The number of benzene rings is 1. The molecule has 0 heterocycles. The molecule has 0 aromatic heterocycles. The van der Waals surface area contributed by atoms with Gasteiger partial charge in [0.1, 0.15) is 0 Å². The zero-order valence-corrected chi connectivity index (χ0v) is 10.6. The van der Waals surface area contributed by atoms with E-state index in [1.54, 1.807) is 0 Å². The van der Waals surface area contributed by atoms with Crippen LogP contribution in [0.15, 0.2) is 24.3 Å². The van der Waals surface area contributed by atoms with Crippen molar-refractivity contribution in [3.05, 3.63) is 34.9 Å². The van der Waals surface area contributed by atoms with E-state index >= 15 is 0 Å². The highest BCUT2D eigenvalue weighted by atomic mass is 35.5. The maximum atomic E-state index is 6.16. The lowest BCUT2D eigenvalue weighted by molar-refractivity contribution is 0.448. The SMILES string of the molecule is CC(Cc1ccccc1Cl)NC1CCCC1. The third-order valence-electron chi connectivity index (χ3n) is 3.36. The van der Waals surface area contributed by atoms with Crippen LogP contribution in [0.2, 0.25) is 5.02 Å². The summed E-state index contributed by atoms with van der Waals surface area (Å²) in [4.78, 5) is 0. The highest BCUT2D eigenvalue weighted by molar-refractivity contribution is 6.31. The van der Waals surface area contributed by atoms with Gasteiger partial charge in [-0.1, -0.05) is 42.6 Å². The lowest BCUT2D eigenvalue weighted by Crippen LogP contribution is -2.35. The van der Waals surface area contributed by atoms with Crippen molar-refractivity contribution in [3.8, 4) is 0 Å². The first-order valence-electron chi connectivity index (χ1n) is 6.25. The average Bonchev–Trinajstić information content (AvgIpc) is 2.74. The molecule has 1 atom stereocenters. The van der Waals surface area contributed by atoms with Crippen molar-refractivity contribution in [1.82, 2.24) is 5.32 Å². The van der Waals surface area contributed by atoms with Crippen LogP contribution in [0.5, 0.6) is 0 Å². The Kier molecular flexibility index (Phi) is 4.25. The summed E-state index contributed by atoms with van der Waals surface area (Å²) in [6, 6.07) is 9.39. The summed E-state index contributed by atoms with van der Waals surface area (Å²) < 4.78 is 0. The molecule has 1 N–H and O–H groups in total. The van der Waals surface area contributed by atoms with E-state index in [0.29, 0.717) is 6.04 Å². The van der Waals surface area contributed by atoms with Gasteiger partial charge in [-0.25, -0.2) is 0 Å². The van der Waals surface area contributed by atoms with Crippen LogP contribution in [0.3, 0.4) is 0 Å². The van der Waals surface area contributed by atoms with Crippen LogP contribution in [0.25, 0.3) is 0 Å². The zero-order chi connectivity index (χ0) is 11.4. The molecular formula is C14H20ClN. The van der Waals surface area contributed by atoms with Crippen LogP contribution < -0.4 is 5.32 Å². The standard InChI is InChI=1S/C14H20ClN/c1-11(16-13-7-3-4-8-13)10-12-6-2-5-9-14(12)15/h2,5-6,9,11,13,16H,3-4,7-8,10H2,1H3. The summed E-state index contributed by atoms with van der Waals surface area (Å²) in [5.41, 5.74) is 1.25. The smallest absolute Gasteiger partial charge is 0.0438 e. The summed E-state index contributed by atoms with van der Waals surface area (Å²) in [6.07, 6.45) is 6.48. The van der Waals surface area contributed by atoms with Crippen molar-refractivity contribution in [2.24, 2.45) is 0 Å². The van der Waals surface area contributed by atoms with Gasteiger partial charge < -0.3 is 5.32 Å². The Morgan fingerprint density at radius 3 is 2.69 bits per heavy atom. The van der Waals surface area contributed by atoms with Crippen LogP contribution in [-0.2, 0) is 6.42 Å². The molecule has 0 amide bonds. The molecule has 1 aliphatic rings. The first-order valence-corrected chi connectivity index (χ1v) is 6.63. The van der Waals surface area contributed by atoms with E-state index < -0.39 is 0 Å². The van der Waals surface area contributed by atoms with Crippen molar-refractivity contribution in [2.75, 3.05) is 0 Å². The Balaban J connectivity index is 1.86. The molecular weight excluding hydrogens is 218 g/mol. The fourth-order valence-corrected chi connectivity index (χ4v) is 2.76. The molecule has 2 heteroatoms. The molecule has 0 bridgehead atoms. The van der Waals surface area contributed by atoms with Crippen LogP contribution in [0, 0.1) is 0 Å². The van der Waals surface area contributed by atoms with Crippen LogP contribution in [0.4, 0.5) is 0 Å². The summed E-state index contributed by atoms with van der Waals surface area (Å²) in [5.74, 6) is 0. The van der Waals surface area contributed by atoms with E-state index in [0.717, 1.165) is 17.5 Å². The van der Waals surface area contributed by atoms with Gasteiger partial charge in [0.05, 0.1) is 0 Å². The van der Waals surface area contributed by atoms with Crippen molar-refractivity contribution in [1.29, 1.82) is 0 Å². The van der Waals surface area contributed by atoms with E-state index in [2.05, 4.69) is 24.4 Å². The highest BCUT2D eigenvalue weighted by Crippen LogP contribution is 2.20. The van der Waals surface area contributed by atoms with Gasteiger partial charge >= 0.3 is 0 Å². The average molecular weight is 238 g/mol. The van der Waals surface area contributed by atoms with Gasteiger partial charge in [0, 0.05) is 17.1 Å². The molecule has 0 aliphatic heterocycles. The second-order valence-corrected chi connectivity index (χ2v) is 5.25. The summed E-state index contributed by atoms with van der Waals surface area (Å²) in [6.45, 7) is 2.25. The number of rotatable bonds is 4. The fourth-order valence-electron chi connectivity index (χ4n) is 2.55. The molecule has 1 nitrogen and oxygen atoms in total. The van der Waals surface area contributed by atoms with Crippen molar-refractivity contribution < 1.29 is 0 Å². The molecule has 1 unspecified atom stereocenters. The van der Waals surface area contributed by atoms with Crippen LogP contribution >= 0.6 is 11.6 Å². The molecule has 1 aromatic rings. The monoisotopic (exact) mass is 237 g/mol. The van der Waals surface area contributed by atoms with Gasteiger partial charge in [-0.05, 0) is 37.8 Å². The number of hydrogen-bond acceptors (Lipinski definition) is 1. The van der Waals surface area contributed by atoms with E-state index in [9.17, 15) is 0 Å². The minimum atomic E-state index is 0.517. The Morgan fingerprint density at radius 2 is 2.00 bits per heavy atom. The van der Waals surface area contributed by atoms with Crippen LogP contribution in [0.1, 0.15) is 38.2 Å². The summed E-state index contributed by atoms with van der Waals surface area (Å²) in [7, 11) is 0. The first kappa shape index (κ1) is 11.9. The largest absolute Gasteiger partial charge is 0.311 e. The predicted octanol–water partition coefficient (Wildman–Crippen LogP) is 3.80. The molecule has 1 aromatic carbocycles. The quantitative estimate of drug-likeness (QED) is 0.840. The van der Waals surface area contributed by atoms with Crippen LogP contribution in [-0.4, -0.2) is 12.1 Å².